The fourth-order valence-electron chi connectivity index (χ4n) is 2.19. The Morgan fingerprint density at radius 2 is 2.26 bits per heavy atom. The minimum absolute atomic E-state index is 0.714. The molecule has 1 aliphatic rings. The van der Waals surface area contributed by atoms with Crippen LogP contribution in [-0.4, -0.2) is 17.3 Å². The van der Waals surface area contributed by atoms with Crippen molar-refractivity contribution in [2.75, 3.05) is 22.9 Å². The van der Waals surface area contributed by atoms with Crippen molar-refractivity contribution in [3.05, 3.63) is 47.2 Å². The summed E-state index contributed by atoms with van der Waals surface area (Å²) in [6.07, 6.45) is 3.47. The number of hydrogen-bond acceptors (Lipinski definition) is 4. The van der Waals surface area contributed by atoms with Crippen LogP contribution >= 0.6 is 23.4 Å². The number of nitrogens with zero attached hydrogens (tertiary/aromatic N) is 2. The van der Waals surface area contributed by atoms with Crippen LogP contribution in [-0.2, 0) is 6.54 Å². The smallest absolute Gasteiger partial charge is 0.0639 e. The van der Waals surface area contributed by atoms with Gasteiger partial charge in [-0.05, 0) is 29.8 Å². The second-order valence-corrected chi connectivity index (χ2v) is 6.01. The highest BCUT2D eigenvalue weighted by atomic mass is 35.5. The van der Waals surface area contributed by atoms with Crippen LogP contribution in [0.1, 0.15) is 5.56 Å². The summed E-state index contributed by atoms with van der Waals surface area (Å²) in [5.41, 5.74) is 8.99. The molecule has 0 unspecified atom stereocenters. The number of anilines is 2. The molecule has 5 heteroatoms. The Balaban J connectivity index is 1.92. The third-order valence-electron chi connectivity index (χ3n) is 3.16. The zero-order valence-electron chi connectivity index (χ0n) is 10.3. The lowest BCUT2D eigenvalue weighted by Crippen LogP contribution is -2.28. The third-order valence-corrected chi connectivity index (χ3v) is 4.54. The SMILES string of the molecule is Nc1ccc2c(c1)N(Cc1ccncc1Cl)CCS2. The first-order valence-electron chi connectivity index (χ1n) is 6.10. The number of thioether (sulfide) groups is 1. The van der Waals surface area contributed by atoms with Gasteiger partial charge in [0.05, 0.1) is 10.7 Å². The zero-order chi connectivity index (χ0) is 13.2. The van der Waals surface area contributed by atoms with Crippen LogP contribution in [0.25, 0.3) is 0 Å². The second-order valence-electron chi connectivity index (χ2n) is 4.46. The highest BCUT2D eigenvalue weighted by molar-refractivity contribution is 7.99. The molecule has 2 aromatic rings. The lowest BCUT2D eigenvalue weighted by Gasteiger charge is -2.31. The standard InChI is InChI=1S/C14H14ClN3S/c15-12-8-17-4-3-10(12)9-18-5-6-19-14-2-1-11(16)7-13(14)18/h1-4,7-8H,5-6,9,16H2. The van der Waals surface area contributed by atoms with E-state index < -0.39 is 0 Å². The number of nitrogen functional groups attached to an aromatic ring is 1. The molecule has 3 nitrogen and oxygen atoms in total. The lowest BCUT2D eigenvalue weighted by atomic mass is 10.2. The molecule has 19 heavy (non-hydrogen) atoms. The summed E-state index contributed by atoms with van der Waals surface area (Å²) in [6.45, 7) is 1.79. The van der Waals surface area contributed by atoms with Crippen LogP contribution in [0.15, 0.2) is 41.6 Å². The van der Waals surface area contributed by atoms with Gasteiger partial charge >= 0.3 is 0 Å². The van der Waals surface area contributed by atoms with Gasteiger partial charge in [0.25, 0.3) is 0 Å². The maximum absolute atomic E-state index is 6.18. The minimum atomic E-state index is 0.714. The molecule has 0 radical (unpaired) electrons. The molecule has 98 valence electrons. The van der Waals surface area contributed by atoms with Gasteiger partial charge in [0, 0.05) is 41.8 Å². The summed E-state index contributed by atoms with van der Waals surface area (Å²) in [7, 11) is 0. The van der Waals surface area contributed by atoms with E-state index >= 15 is 0 Å². The Bertz CT molecular complexity index is 603. The average molecular weight is 292 g/mol. The summed E-state index contributed by atoms with van der Waals surface area (Å²) >= 11 is 8.06. The van der Waals surface area contributed by atoms with Crippen molar-refractivity contribution in [3.8, 4) is 0 Å². The summed E-state index contributed by atoms with van der Waals surface area (Å²) in [6, 6.07) is 8.05. The van der Waals surface area contributed by atoms with E-state index in [-0.39, 0.29) is 0 Å². The van der Waals surface area contributed by atoms with Gasteiger partial charge in [-0.25, -0.2) is 0 Å². The Kier molecular flexibility index (Phi) is 3.53. The molecule has 0 bridgehead atoms. The zero-order valence-corrected chi connectivity index (χ0v) is 11.9. The first-order valence-corrected chi connectivity index (χ1v) is 7.46. The van der Waals surface area contributed by atoms with Crippen LogP contribution in [0.4, 0.5) is 11.4 Å². The number of benzene rings is 1. The minimum Gasteiger partial charge on any atom is -0.399 e. The maximum Gasteiger partial charge on any atom is 0.0639 e. The van der Waals surface area contributed by atoms with E-state index in [0.717, 1.165) is 30.1 Å². The van der Waals surface area contributed by atoms with Gasteiger partial charge in [-0.2, -0.15) is 0 Å². The van der Waals surface area contributed by atoms with Gasteiger partial charge in [0.1, 0.15) is 0 Å². The van der Waals surface area contributed by atoms with E-state index in [1.54, 1.807) is 12.4 Å². The van der Waals surface area contributed by atoms with Crippen molar-refractivity contribution in [2.45, 2.75) is 11.4 Å². The molecule has 1 aromatic heterocycles. The molecule has 0 aliphatic carbocycles. The second kappa shape index (κ2) is 5.31. The Morgan fingerprint density at radius 1 is 1.37 bits per heavy atom. The summed E-state index contributed by atoms with van der Waals surface area (Å²) in [4.78, 5) is 7.63. The predicted octanol–water partition coefficient (Wildman–Crippen LogP) is 3.43. The number of pyridine rings is 1. The number of nitrogens with two attached hydrogens (primary N) is 1. The van der Waals surface area contributed by atoms with Crippen LogP contribution in [0.2, 0.25) is 5.02 Å². The van der Waals surface area contributed by atoms with Crippen molar-refractivity contribution in [1.29, 1.82) is 0 Å². The van der Waals surface area contributed by atoms with Gasteiger partial charge in [0.2, 0.25) is 0 Å². The molecule has 0 atom stereocenters. The van der Waals surface area contributed by atoms with Crippen LogP contribution in [0, 0.1) is 0 Å². The number of aromatic nitrogens is 1. The summed E-state index contributed by atoms with van der Waals surface area (Å²) in [5, 5.41) is 0.714. The van der Waals surface area contributed by atoms with Crippen LogP contribution < -0.4 is 10.6 Å². The maximum atomic E-state index is 6.18. The number of halogens is 1. The van der Waals surface area contributed by atoms with Crippen molar-refractivity contribution in [3.63, 3.8) is 0 Å². The Labute approximate surface area is 121 Å². The molecule has 0 amide bonds. The van der Waals surface area contributed by atoms with E-state index in [1.807, 2.05) is 30.0 Å². The monoisotopic (exact) mass is 291 g/mol. The van der Waals surface area contributed by atoms with Gasteiger partial charge in [-0.1, -0.05) is 11.6 Å². The normalized spacial score (nSPS) is 14.3. The molecule has 0 saturated heterocycles. The number of hydrogen-bond donors (Lipinski definition) is 1. The van der Waals surface area contributed by atoms with Crippen molar-refractivity contribution in [2.24, 2.45) is 0 Å². The molecule has 0 fully saturated rings. The molecule has 0 spiro atoms. The molecular formula is C14H14ClN3S. The van der Waals surface area contributed by atoms with E-state index in [4.69, 9.17) is 17.3 Å². The molecule has 1 aliphatic heterocycles. The molecular weight excluding hydrogens is 278 g/mol. The first-order chi connectivity index (χ1) is 9.24. The molecule has 2 N–H and O–H groups in total. The first kappa shape index (κ1) is 12.6. The Hall–Kier alpha value is -1.39. The summed E-state index contributed by atoms with van der Waals surface area (Å²) in [5.74, 6) is 1.08. The van der Waals surface area contributed by atoms with E-state index in [9.17, 15) is 0 Å². The fraction of sp³-hybridized carbons (Fsp3) is 0.214. The van der Waals surface area contributed by atoms with Gasteiger partial charge in [-0.15, -0.1) is 11.8 Å². The predicted molar refractivity (Wildman–Crippen MR) is 81.9 cm³/mol. The average Bonchev–Trinajstić information content (AvgIpc) is 2.42. The highest BCUT2D eigenvalue weighted by Gasteiger charge is 2.18. The van der Waals surface area contributed by atoms with Crippen molar-refractivity contribution < 1.29 is 0 Å². The largest absolute Gasteiger partial charge is 0.399 e. The van der Waals surface area contributed by atoms with Gasteiger partial charge in [0.15, 0.2) is 0 Å². The Morgan fingerprint density at radius 3 is 3.11 bits per heavy atom. The molecule has 0 saturated carbocycles. The molecule has 2 heterocycles. The van der Waals surface area contributed by atoms with Crippen molar-refractivity contribution >= 4 is 34.7 Å². The molecule has 3 rings (SSSR count). The van der Waals surface area contributed by atoms with E-state index in [0.29, 0.717) is 5.02 Å². The lowest BCUT2D eigenvalue weighted by molar-refractivity contribution is 0.816. The van der Waals surface area contributed by atoms with Crippen molar-refractivity contribution in [1.82, 2.24) is 4.98 Å². The van der Waals surface area contributed by atoms with E-state index in [2.05, 4.69) is 16.0 Å². The van der Waals surface area contributed by atoms with Crippen LogP contribution in [0.5, 0.6) is 0 Å². The van der Waals surface area contributed by atoms with E-state index in [1.165, 1.54) is 10.6 Å². The third kappa shape index (κ3) is 2.65. The number of fused-ring (bicyclic) bond motifs is 1. The topological polar surface area (TPSA) is 42.1 Å². The highest BCUT2D eigenvalue weighted by Crippen LogP contribution is 2.37. The quantitative estimate of drug-likeness (QED) is 0.861. The summed E-state index contributed by atoms with van der Waals surface area (Å²) < 4.78 is 0. The van der Waals surface area contributed by atoms with Gasteiger partial charge < -0.3 is 10.6 Å². The van der Waals surface area contributed by atoms with Crippen LogP contribution in [0.3, 0.4) is 0 Å². The molecule has 1 aromatic carbocycles. The fourth-order valence-corrected chi connectivity index (χ4v) is 3.40. The number of rotatable bonds is 2. The van der Waals surface area contributed by atoms with Gasteiger partial charge in [-0.3, -0.25) is 4.98 Å².